The largest absolute Gasteiger partial charge is 0.493 e. The zero-order chi connectivity index (χ0) is 15.1. The lowest BCUT2D eigenvalue weighted by molar-refractivity contribution is 0.295. The summed E-state index contributed by atoms with van der Waals surface area (Å²) in [5, 5.41) is 0. The van der Waals surface area contributed by atoms with Gasteiger partial charge in [0.05, 0.1) is 14.2 Å². The van der Waals surface area contributed by atoms with Crippen molar-refractivity contribution >= 4 is 0 Å². The minimum atomic E-state index is 0.267. The Morgan fingerprint density at radius 2 is 1.80 bits per heavy atom. The Bertz CT molecular complexity index is 407. The molecule has 4 nitrogen and oxygen atoms in total. The Morgan fingerprint density at radius 1 is 1.15 bits per heavy atom. The van der Waals surface area contributed by atoms with E-state index in [0.717, 1.165) is 31.0 Å². The average molecular weight is 280 g/mol. The number of hydrogen-bond acceptors (Lipinski definition) is 4. The van der Waals surface area contributed by atoms with Gasteiger partial charge < -0.3 is 20.1 Å². The molecule has 1 atom stereocenters. The van der Waals surface area contributed by atoms with Gasteiger partial charge in [0.2, 0.25) is 0 Å². The molecule has 1 unspecified atom stereocenters. The van der Waals surface area contributed by atoms with Crippen molar-refractivity contribution in [2.75, 3.05) is 27.8 Å². The van der Waals surface area contributed by atoms with Crippen molar-refractivity contribution in [3.8, 4) is 11.5 Å². The summed E-state index contributed by atoms with van der Waals surface area (Å²) in [4.78, 5) is 2.28. The predicted molar refractivity (Wildman–Crippen MR) is 83.3 cm³/mol. The van der Waals surface area contributed by atoms with Gasteiger partial charge in [-0.05, 0) is 43.6 Å². The van der Waals surface area contributed by atoms with Crippen LogP contribution >= 0.6 is 0 Å². The van der Waals surface area contributed by atoms with Gasteiger partial charge in [0.1, 0.15) is 0 Å². The molecule has 0 saturated carbocycles. The van der Waals surface area contributed by atoms with Crippen LogP contribution < -0.4 is 15.2 Å². The van der Waals surface area contributed by atoms with E-state index in [0.29, 0.717) is 5.92 Å². The molecule has 2 N–H and O–H groups in total. The third-order valence-corrected chi connectivity index (χ3v) is 3.60. The maximum atomic E-state index is 6.08. The highest BCUT2D eigenvalue weighted by molar-refractivity contribution is 5.42. The van der Waals surface area contributed by atoms with E-state index in [9.17, 15) is 0 Å². The summed E-state index contributed by atoms with van der Waals surface area (Å²) >= 11 is 0. The van der Waals surface area contributed by atoms with Crippen LogP contribution in [0.4, 0.5) is 0 Å². The van der Waals surface area contributed by atoms with Crippen LogP contribution in [0.15, 0.2) is 18.2 Å². The molecule has 1 aromatic rings. The van der Waals surface area contributed by atoms with E-state index < -0.39 is 0 Å². The lowest BCUT2D eigenvalue weighted by atomic mass is 10.0. The van der Waals surface area contributed by atoms with Gasteiger partial charge in [0.25, 0.3) is 0 Å². The summed E-state index contributed by atoms with van der Waals surface area (Å²) in [6.45, 7) is 6.21. The summed E-state index contributed by atoms with van der Waals surface area (Å²) in [7, 11) is 5.42. The fourth-order valence-electron chi connectivity index (χ4n) is 2.07. The van der Waals surface area contributed by atoms with Gasteiger partial charge in [-0.2, -0.15) is 0 Å². The second-order valence-corrected chi connectivity index (χ2v) is 5.62. The van der Waals surface area contributed by atoms with E-state index in [1.54, 1.807) is 14.2 Å². The Morgan fingerprint density at radius 3 is 2.35 bits per heavy atom. The maximum absolute atomic E-state index is 6.08. The molecule has 1 rings (SSSR count). The lowest BCUT2D eigenvalue weighted by Gasteiger charge is -2.21. The van der Waals surface area contributed by atoms with Crippen LogP contribution in [-0.2, 0) is 6.54 Å². The van der Waals surface area contributed by atoms with Crippen molar-refractivity contribution in [3.63, 3.8) is 0 Å². The van der Waals surface area contributed by atoms with Gasteiger partial charge in [-0.15, -0.1) is 0 Å². The van der Waals surface area contributed by atoms with E-state index in [1.165, 1.54) is 5.56 Å². The average Bonchev–Trinajstić information content (AvgIpc) is 2.44. The predicted octanol–water partition coefficient (Wildman–Crippen LogP) is 2.51. The monoisotopic (exact) mass is 280 g/mol. The highest BCUT2D eigenvalue weighted by Gasteiger charge is 2.10. The molecule has 0 aliphatic rings. The van der Waals surface area contributed by atoms with E-state index in [2.05, 4.69) is 31.9 Å². The molecule has 0 fully saturated rings. The number of nitrogens with zero attached hydrogens (tertiary/aromatic N) is 1. The molecule has 0 aliphatic heterocycles. The van der Waals surface area contributed by atoms with Gasteiger partial charge in [0.15, 0.2) is 11.5 Å². The topological polar surface area (TPSA) is 47.7 Å². The van der Waals surface area contributed by atoms with E-state index in [4.69, 9.17) is 15.2 Å². The summed E-state index contributed by atoms with van der Waals surface area (Å²) in [5.41, 5.74) is 7.29. The quantitative estimate of drug-likeness (QED) is 0.795. The van der Waals surface area contributed by atoms with E-state index >= 15 is 0 Å². The number of rotatable bonds is 8. The molecule has 0 saturated heterocycles. The zero-order valence-electron chi connectivity index (χ0n) is 13.3. The van der Waals surface area contributed by atoms with Gasteiger partial charge in [-0.25, -0.2) is 0 Å². The van der Waals surface area contributed by atoms with E-state index in [-0.39, 0.29) is 6.04 Å². The smallest absolute Gasteiger partial charge is 0.161 e. The van der Waals surface area contributed by atoms with Crippen molar-refractivity contribution < 1.29 is 9.47 Å². The standard InChI is InChI=1S/C16H28N2O2/c1-12(2)14(17)8-9-18(3)11-13-6-7-15(19-4)16(10-13)20-5/h6-7,10,12,14H,8-9,11,17H2,1-5H3. The summed E-state index contributed by atoms with van der Waals surface area (Å²) in [5.74, 6) is 2.07. The third-order valence-electron chi connectivity index (χ3n) is 3.60. The minimum Gasteiger partial charge on any atom is -0.493 e. The lowest BCUT2D eigenvalue weighted by Crippen LogP contribution is -2.31. The molecule has 0 aliphatic carbocycles. The molecule has 114 valence electrons. The van der Waals surface area contributed by atoms with Gasteiger partial charge in [0, 0.05) is 12.6 Å². The molecule has 0 aromatic heterocycles. The first kappa shape index (κ1) is 16.8. The van der Waals surface area contributed by atoms with Crippen LogP contribution in [-0.4, -0.2) is 38.8 Å². The molecule has 20 heavy (non-hydrogen) atoms. The second-order valence-electron chi connectivity index (χ2n) is 5.62. The summed E-state index contributed by atoms with van der Waals surface area (Å²) in [6.07, 6.45) is 1.02. The van der Waals surface area contributed by atoms with Gasteiger partial charge in [-0.3, -0.25) is 0 Å². The van der Waals surface area contributed by atoms with Crippen molar-refractivity contribution in [1.82, 2.24) is 4.90 Å². The normalized spacial score (nSPS) is 12.8. The van der Waals surface area contributed by atoms with Crippen LogP contribution in [0.25, 0.3) is 0 Å². The number of methoxy groups -OCH3 is 2. The third kappa shape index (κ3) is 5.02. The molecule has 0 amide bonds. The van der Waals surface area contributed by atoms with Crippen molar-refractivity contribution in [2.45, 2.75) is 32.9 Å². The Kier molecular flexibility index (Phi) is 6.82. The number of benzene rings is 1. The molecule has 0 spiro atoms. The molecule has 0 bridgehead atoms. The Labute approximate surface area is 122 Å². The first-order chi connectivity index (χ1) is 9.47. The molecular formula is C16H28N2O2. The first-order valence-corrected chi connectivity index (χ1v) is 7.13. The van der Waals surface area contributed by atoms with Crippen LogP contribution in [0, 0.1) is 5.92 Å². The Balaban J connectivity index is 2.55. The molecule has 0 heterocycles. The maximum Gasteiger partial charge on any atom is 0.161 e. The number of hydrogen-bond donors (Lipinski definition) is 1. The Hall–Kier alpha value is -1.26. The fourth-order valence-corrected chi connectivity index (χ4v) is 2.07. The van der Waals surface area contributed by atoms with Gasteiger partial charge >= 0.3 is 0 Å². The second kappa shape index (κ2) is 8.12. The van der Waals surface area contributed by atoms with Crippen molar-refractivity contribution in [3.05, 3.63) is 23.8 Å². The molecule has 4 heteroatoms. The van der Waals surface area contributed by atoms with Crippen LogP contribution in [0.1, 0.15) is 25.8 Å². The molecule has 1 aromatic carbocycles. The van der Waals surface area contributed by atoms with E-state index in [1.807, 2.05) is 12.1 Å². The summed E-state index contributed by atoms with van der Waals surface area (Å²) < 4.78 is 10.6. The molecule has 0 radical (unpaired) electrons. The first-order valence-electron chi connectivity index (χ1n) is 7.13. The van der Waals surface area contributed by atoms with Crippen molar-refractivity contribution in [1.29, 1.82) is 0 Å². The zero-order valence-corrected chi connectivity index (χ0v) is 13.3. The highest BCUT2D eigenvalue weighted by Crippen LogP contribution is 2.27. The van der Waals surface area contributed by atoms with Crippen LogP contribution in [0.3, 0.4) is 0 Å². The SMILES string of the molecule is COc1ccc(CN(C)CCC(N)C(C)C)cc1OC. The summed E-state index contributed by atoms with van der Waals surface area (Å²) in [6, 6.07) is 6.31. The van der Waals surface area contributed by atoms with Crippen molar-refractivity contribution in [2.24, 2.45) is 11.7 Å². The minimum absolute atomic E-state index is 0.267. The van der Waals surface area contributed by atoms with Gasteiger partial charge in [-0.1, -0.05) is 19.9 Å². The highest BCUT2D eigenvalue weighted by atomic mass is 16.5. The fraction of sp³-hybridized carbons (Fsp3) is 0.625. The number of ether oxygens (including phenoxy) is 2. The number of nitrogens with two attached hydrogens (primary N) is 1. The van der Waals surface area contributed by atoms with Crippen LogP contribution in [0.5, 0.6) is 11.5 Å². The molecular weight excluding hydrogens is 252 g/mol. The van der Waals surface area contributed by atoms with Crippen LogP contribution in [0.2, 0.25) is 0 Å².